The Bertz CT molecular complexity index is 698. The predicted octanol–water partition coefficient (Wildman–Crippen LogP) is 2.51. The molecule has 2 rings (SSSR count). The molecule has 0 saturated carbocycles. The molecule has 0 radical (unpaired) electrons. The first kappa shape index (κ1) is 16.4. The van der Waals surface area contributed by atoms with Crippen LogP contribution < -0.4 is 16.0 Å². The van der Waals surface area contributed by atoms with Crippen LogP contribution in [0.4, 0.5) is 17.2 Å². The van der Waals surface area contributed by atoms with Gasteiger partial charge in [0.2, 0.25) is 5.91 Å². The van der Waals surface area contributed by atoms with Crippen LogP contribution in [0, 0.1) is 0 Å². The molecule has 0 atom stereocenters. The van der Waals surface area contributed by atoms with Gasteiger partial charge in [0, 0.05) is 30.4 Å². The molecule has 0 bridgehead atoms. The third kappa shape index (κ3) is 5.06. The van der Waals surface area contributed by atoms with E-state index < -0.39 is 0 Å². The maximum Gasteiger partial charge on any atom is 0.274 e. The van der Waals surface area contributed by atoms with Crippen LogP contribution in [-0.4, -0.2) is 27.8 Å². The minimum atomic E-state index is -0.327. The molecule has 1 aromatic carbocycles. The molecule has 2 aromatic rings. The van der Waals surface area contributed by atoms with Crippen LogP contribution in [0.2, 0.25) is 0 Å². The number of nitrogens with zero attached hydrogens (tertiary/aromatic N) is 2. The Morgan fingerprint density at radius 1 is 1.00 bits per heavy atom. The molecule has 7 nitrogen and oxygen atoms in total. The van der Waals surface area contributed by atoms with Crippen molar-refractivity contribution in [1.82, 2.24) is 9.97 Å². The first-order valence-electron chi connectivity index (χ1n) is 7.21. The van der Waals surface area contributed by atoms with Crippen molar-refractivity contribution >= 4 is 29.0 Å². The van der Waals surface area contributed by atoms with E-state index in [2.05, 4.69) is 25.9 Å². The fourth-order valence-electron chi connectivity index (χ4n) is 1.89. The minimum Gasteiger partial charge on any atom is -0.368 e. The van der Waals surface area contributed by atoms with Crippen LogP contribution in [0.1, 0.15) is 31.3 Å². The Hall–Kier alpha value is -2.96. The number of aromatic nitrogens is 2. The highest BCUT2D eigenvalue weighted by atomic mass is 16.2. The lowest BCUT2D eigenvalue weighted by atomic mass is 10.2. The Kier molecular flexibility index (Phi) is 5.24. The van der Waals surface area contributed by atoms with Gasteiger partial charge in [0.1, 0.15) is 17.8 Å². The molecule has 3 N–H and O–H groups in total. The first-order valence-corrected chi connectivity index (χ1v) is 7.21. The summed E-state index contributed by atoms with van der Waals surface area (Å²) in [7, 11) is 0. The molecule has 23 heavy (non-hydrogen) atoms. The number of nitrogens with one attached hydrogen (secondary N) is 3. The van der Waals surface area contributed by atoms with Gasteiger partial charge in [0.25, 0.3) is 5.91 Å². The predicted molar refractivity (Wildman–Crippen MR) is 89.5 cm³/mol. The summed E-state index contributed by atoms with van der Waals surface area (Å²) in [5, 5.41) is 8.53. The topological polar surface area (TPSA) is 96.0 Å². The summed E-state index contributed by atoms with van der Waals surface area (Å²) in [4.78, 5) is 31.2. The zero-order chi connectivity index (χ0) is 16.8. The van der Waals surface area contributed by atoms with Gasteiger partial charge in [-0.25, -0.2) is 9.97 Å². The maximum atomic E-state index is 12.2. The van der Waals surface area contributed by atoms with E-state index in [0.29, 0.717) is 17.2 Å². The third-order valence-electron chi connectivity index (χ3n) is 2.80. The van der Waals surface area contributed by atoms with Crippen molar-refractivity contribution in [1.29, 1.82) is 0 Å². The van der Waals surface area contributed by atoms with Gasteiger partial charge in [0.05, 0.1) is 0 Å². The van der Waals surface area contributed by atoms with Gasteiger partial charge >= 0.3 is 0 Å². The smallest absolute Gasteiger partial charge is 0.274 e. The molecule has 0 aliphatic rings. The summed E-state index contributed by atoms with van der Waals surface area (Å²) in [5.41, 5.74) is 1.55. The highest BCUT2D eigenvalue weighted by molar-refractivity contribution is 6.03. The largest absolute Gasteiger partial charge is 0.368 e. The standard InChI is InChI=1S/C16H19N5O2/c1-10(2)19-15-8-14(17-9-18-15)16(23)21-13-6-4-12(5-7-13)20-11(3)22/h4-10H,1-3H3,(H,20,22)(H,21,23)(H,17,18,19). The highest BCUT2D eigenvalue weighted by Crippen LogP contribution is 2.15. The lowest BCUT2D eigenvalue weighted by Gasteiger charge is -2.10. The molecular weight excluding hydrogens is 294 g/mol. The number of carbonyl (C=O) groups is 2. The Balaban J connectivity index is 2.05. The van der Waals surface area contributed by atoms with Crippen LogP contribution in [0.5, 0.6) is 0 Å². The van der Waals surface area contributed by atoms with Gasteiger partial charge < -0.3 is 16.0 Å². The number of hydrogen-bond acceptors (Lipinski definition) is 5. The average Bonchev–Trinajstić information content (AvgIpc) is 2.48. The summed E-state index contributed by atoms with van der Waals surface area (Å²) in [5.74, 6) is 0.126. The number of amides is 2. The molecule has 7 heteroatoms. The van der Waals surface area contributed by atoms with E-state index in [-0.39, 0.29) is 23.6 Å². The Labute approximate surface area is 134 Å². The second-order valence-corrected chi connectivity index (χ2v) is 5.30. The zero-order valence-corrected chi connectivity index (χ0v) is 13.3. The van der Waals surface area contributed by atoms with E-state index in [1.807, 2.05) is 13.8 Å². The van der Waals surface area contributed by atoms with Gasteiger partial charge in [-0.15, -0.1) is 0 Å². The molecule has 0 saturated heterocycles. The average molecular weight is 313 g/mol. The first-order chi connectivity index (χ1) is 10.9. The minimum absolute atomic E-state index is 0.145. The van der Waals surface area contributed by atoms with E-state index in [1.165, 1.54) is 13.3 Å². The van der Waals surface area contributed by atoms with Crippen molar-refractivity contribution in [2.24, 2.45) is 0 Å². The zero-order valence-electron chi connectivity index (χ0n) is 13.3. The summed E-state index contributed by atoms with van der Waals surface area (Å²) < 4.78 is 0. The number of rotatable bonds is 5. The number of anilines is 3. The number of benzene rings is 1. The normalized spacial score (nSPS) is 10.3. The van der Waals surface area contributed by atoms with Crippen LogP contribution in [0.15, 0.2) is 36.7 Å². The van der Waals surface area contributed by atoms with Gasteiger partial charge in [-0.05, 0) is 38.1 Å². The van der Waals surface area contributed by atoms with E-state index in [9.17, 15) is 9.59 Å². The van der Waals surface area contributed by atoms with Crippen molar-refractivity contribution in [2.75, 3.05) is 16.0 Å². The fraction of sp³-hybridized carbons (Fsp3) is 0.250. The van der Waals surface area contributed by atoms with Gasteiger partial charge in [-0.1, -0.05) is 0 Å². The van der Waals surface area contributed by atoms with Crippen LogP contribution in [-0.2, 0) is 4.79 Å². The number of hydrogen-bond donors (Lipinski definition) is 3. The monoisotopic (exact) mass is 313 g/mol. The summed E-state index contributed by atoms with van der Waals surface area (Å²) in [6, 6.07) is 8.64. The highest BCUT2D eigenvalue weighted by Gasteiger charge is 2.09. The Morgan fingerprint density at radius 2 is 1.61 bits per heavy atom. The third-order valence-corrected chi connectivity index (χ3v) is 2.80. The van der Waals surface area contributed by atoms with Crippen molar-refractivity contribution < 1.29 is 9.59 Å². The number of carbonyl (C=O) groups excluding carboxylic acids is 2. The van der Waals surface area contributed by atoms with E-state index in [0.717, 1.165) is 0 Å². The molecular formula is C16H19N5O2. The van der Waals surface area contributed by atoms with E-state index in [4.69, 9.17) is 0 Å². The Morgan fingerprint density at radius 3 is 2.17 bits per heavy atom. The molecule has 0 aliphatic carbocycles. The van der Waals surface area contributed by atoms with Gasteiger partial charge in [0.15, 0.2) is 0 Å². The molecule has 1 aromatic heterocycles. The summed E-state index contributed by atoms with van der Waals surface area (Å²) in [6.07, 6.45) is 1.35. The van der Waals surface area contributed by atoms with Crippen molar-refractivity contribution in [3.05, 3.63) is 42.4 Å². The lowest BCUT2D eigenvalue weighted by Crippen LogP contribution is -2.16. The molecule has 0 fully saturated rings. The SMILES string of the molecule is CC(=O)Nc1ccc(NC(=O)c2cc(NC(C)C)ncn2)cc1. The van der Waals surface area contributed by atoms with Crippen LogP contribution in [0.25, 0.3) is 0 Å². The molecule has 0 spiro atoms. The van der Waals surface area contributed by atoms with E-state index in [1.54, 1.807) is 30.3 Å². The van der Waals surface area contributed by atoms with Crippen molar-refractivity contribution in [2.45, 2.75) is 26.8 Å². The van der Waals surface area contributed by atoms with Crippen molar-refractivity contribution in [3.8, 4) is 0 Å². The summed E-state index contributed by atoms with van der Waals surface area (Å²) in [6.45, 7) is 5.41. The van der Waals surface area contributed by atoms with Gasteiger partial charge in [-0.3, -0.25) is 9.59 Å². The molecule has 0 unspecified atom stereocenters. The quantitative estimate of drug-likeness (QED) is 0.788. The molecule has 120 valence electrons. The molecule has 1 heterocycles. The second-order valence-electron chi connectivity index (χ2n) is 5.30. The van der Waals surface area contributed by atoms with Gasteiger partial charge in [-0.2, -0.15) is 0 Å². The van der Waals surface area contributed by atoms with Crippen molar-refractivity contribution in [3.63, 3.8) is 0 Å². The molecule has 0 aliphatic heterocycles. The second kappa shape index (κ2) is 7.35. The lowest BCUT2D eigenvalue weighted by molar-refractivity contribution is -0.114. The molecule has 2 amide bonds. The summed E-state index contributed by atoms with van der Waals surface area (Å²) >= 11 is 0. The van der Waals surface area contributed by atoms with E-state index >= 15 is 0 Å². The van der Waals surface area contributed by atoms with Crippen LogP contribution >= 0.6 is 0 Å². The maximum absolute atomic E-state index is 12.2. The fourth-order valence-corrected chi connectivity index (χ4v) is 1.89. The van der Waals surface area contributed by atoms with Crippen LogP contribution in [0.3, 0.4) is 0 Å².